The quantitative estimate of drug-likeness (QED) is 0.566. The number of nitrogens with one attached hydrogen (secondary N) is 1. The SMILES string of the molecule is CCOC(=O)c1c(NC(=O)CN2CCN(c3cccc(C(F)(F)F)c3)CC2)sc2c1CCC(C)C2. The number of ether oxygens (including phenoxy) is 1. The third-order valence-electron chi connectivity index (χ3n) is 6.52. The van der Waals surface area contributed by atoms with E-state index < -0.39 is 17.7 Å². The number of piperazine rings is 1. The van der Waals surface area contributed by atoms with Crippen molar-refractivity contribution in [2.45, 2.75) is 39.3 Å². The summed E-state index contributed by atoms with van der Waals surface area (Å²) in [5.41, 5.74) is 1.35. The summed E-state index contributed by atoms with van der Waals surface area (Å²) < 4.78 is 44.4. The molecule has 0 radical (unpaired) electrons. The summed E-state index contributed by atoms with van der Waals surface area (Å²) in [4.78, 5) is 30.5. The van der Waals surface area contributed by atoms with Crippen molar-refractivity contribution in [3.8, 4) is 0 Å². The lowest BCUT2D eigenvalue weighted by atomic mass is 9.88. The van der Waals surface area contributed by atoms with E-state index in [4.69, 9.17) is 4.74 Å². The summed E-state index contributed by atoms with van der Waals surface area (Å²) in [7, 11) is 0. The van der Waals surface area contributed by atoms with E-state index in [1.54, 1.807) is 13.0 Å². The summed E-state index contributed by atoms with van der Waals surface area (Å²) in [6.07, 6.45) is -1.69. The molecule has 10 heteroatoms. The predicted octanol–water partition coefficient (Wildman–Crippen LogP) is 4.83. The number of rotatable bonds is 6. The lowest BCUT2D eigenvalue weighted by molar-refractivity contribution is -0.137. The van der Waals surface area contributed by atoms with E-state index in [1.807, 2.05) is 9.80 Å². The maximum Gasteiger partial charge on any atom is 0.416 e. The Labute approximate surface area is 207 Å². The van der Waals surface area contributed by atoms with Crippen LogP contribution in [-0.2, 0) is 28.5 Å². The fourth-order valence-corrected chi connectivity index (χ4v) is 6.09. The number of esters is 1. The molecule has 0 saturated carbocycles. The van der Waals surface area contributed by atoms with Gasteiger partial charge in [0.2, 0.25) is 5.91 Å². The summed E-state index contributed by atoms with van der Waals surface area (Å²) in [6, 6.07) is 5.32. The molecule has 1 aromatic heterocycles. The van der Waals surface area contributed by atoms with E-state index in [-0.39, 0.29) is 19.1 Å². The second kappa shape index (κ2) is 10.6. The van der Waals surface area contributed by atoms with Crippen molar-refractivity contribution in [2.24, 2.45) is 5.92 Å². The zero-order valence-corrected chi connectivity index (χ0v) is 20.7. The van der Waals surface area contributed by atoms with Crippen LogP contribution in [0.2, 0.25) is 0 Å². The van der Waals surface area contributed by atoms with Gasteiger partial charge < -0.3 is 15.0 Å². The monoisotopic (exact) mass is 509 g/mol. The zero-order valence-electron chi connectivity index (χ0n) is 19.9. The molecule has 1 aliphatic carbocycles. The van der Waals surface area contributed by atoms with Crippen LogP contribution in [0, 0.1) is 5.92 Å². The number of carbonyl (C=O) groups excluding carboxylic acids is 2. The highest BCUT2D eigenvalue weighted by molar-refractivity contribution is 7.17. The van der Waals surface area contributed by atoms with Crippen LogP contribution in [0.5, 0.6) is 0 Å². The average molecular weight is 510 g/mol. The van der Waals surface area contributed by atoms with E-state index >= 15 is 0 Å². The van der Waals surface area contributed by atoms with Gasteiger partial charge >= 0.3 is 12.1 Å². The second-order valence-electron chi connectivity index (χ2n) is 9.14. The van der Waals surface area contributed by atoms with Crippen molar-refractivity contribution in [3.63, 3.8) is 0 Å². The first-order chi connectivity index (χ1) is 16.7. The minimum Gasteiger partial charge on any atom is -0.462 e. The molecule has 0 bridgehead atoms. The number of alkyl halides is 3. The molecule has 1 amide bonds. The van der Waals surface area contributed by atoms with Crippen LogP contribution in [0.4, 0.5) is 23.9 Å². The molecule has 1 atom stereocenters. The minimum absolute atomic E-state index is 0.150. The predicted molar refractivity (Wildman–Crippen MR) is 130 cm³/mol. The Kier molecular flexibility index (Phi) is 7.70. The Bertz CT molecular complexity index is 1080. The third-order valence-corrected chi connectivity index (χ3v) is 7.69. The number of benzene rings is 1. The number of amides is 1. The Hall–Kier alpha value is -2.59. The van der Waals surface area contributed by atoms with E-state index in [0.717, 1.165) is 35.8 Å². The van der Waals surface area contributed by atoms with Gasteiger partial charge in [-0.1, -0.05) is 13.0 Å². The Morgan fingerprint density at radius 2 is 1.94 bits per heavy atom. The van der Waals surface area contributed by atoms with Gasteiger partial charge in [-0.15, -0.1) is 11.3 Å². The van der Waals surface area contributed by atoms with Crippen molar-refractivity contribution in [1.82, 2.24) is 4.90 Å². The molecule has 2 heterocycles. The highest BCUT2D eigenvalue weighted by Crippen LogP contribution is 2.40. The van der Waals surface area contributed by atoms with Crippen LogP contribution in [0.3, 0.4) is 0 Å². The van der Waals surface area contributed by atoms with Crippen LogP contribution in [0.25, 0.3) is 0 Å². The molecule has 2 aliphatic rings. The number of nitrogens with zero attached hydrogens (tertiary/aromatic N) is 2. The topological polar surface area (TPSA) is 61.9 Å². The standard InChI is InChI=1S/C25H30F3N3O3S/c1-3-34-24(33)22-19-8-7-16(2)13-20(19)35-23(22)29-21(32)15-30-9-11-31(12-10-30)18-6-4-5-17(14-18)25(26,27)28/h4-6,14,16H,3,7-13,15H2,1-2H3,(H,29,32). The van der Waals surface area contributed by atoms with Gasteiger partial charge in [-0.2, -0.15) is 13.2 Å². The fraction of sp³-hybridized carbons (Fsp3) is 0.520. The number of fused-ring (bicyclic) bond motifs is 1. The molecule has 35 heavy (non-hydrogen) atoms. The molecule has 1 unspecified atom stereocenters. The normalized spacial score (nSPS) is 18.8. The third kappa shape index (κ3) is 5.98. The summed E-state index contributed by atoms with van der Waals surface area (Å²) in [6.45, 7) is 6.50. The van der Waals surface area contributed by atoms with Crippen LogP contribution in [0.1, 0.15) is 46.6 Å². The Morgan fingerprint density at radius 3 is 2.63 bits per heavy atom. The number of carbonyl (C=O) groups is 2. The summed E-state index contributed by atoms with van der Waals surface area (Å²) in [5, 5.41) is 3.49. The number of thiophene rings is 1. The molecule has 1 aliphatic heterocycles. The van der Waals surface area contributed by atoms with Crippen LogP contribution < -0.4 is 10.2 Å². The highest BCUT2D eigenvalue weighted by atomic mass is 32.1. The first-order valence-corrected chi connectivity index (χ1v) is 12.7. The zero-order chi connectivity index (χ0) is 25.2. The number of anilines is 2. The van der Waals surface area contributed by atoms with Crippen molar-refractivity contribution in [2.75, 3.05) is 49.5 Å². The van der Waals surface area contributed by atoms with E-state index in [1.165, 1.54) is 23.5 Å². The molecule has 1 fully saturated rings. The van der Waals surface area contributed by atoms with Crippen LogP contribution in [-0.4, -0.2) is 56.1 Å². The molecule has 2 aromatic rings. The first kappa shape index (κ1) is 25.5. The average Bonchev–Trinajstić information content (AvgIpc) is 3.16. The molecule has 1 saturated heterocycles. The Morgan fingerprint density at radius 1 is 1.20 bits per heavy atom. The van der Waals surface area contributed by atoms with Crippen LogP contribution >= 0.6 is 11.3 Å². The minimum atomic E-state index is -4.38. The van der Waals surface area contributed by atoms with Crippen molar-refractivity contribution in [3.05, 3.63) is 45.8 Å². The smallest absolute Gasteiger partial charge is 0.416 e. The van der Waals surface area contributed by atoms with Gasteiger partial charge in [-0.05, 0) is 55.9 Å². The highest BCUT2D eigenvalue weighted by Gasteiger charge is 2.32. The lowest BCUT2D eigenvalue weighted by Crippen LogP contribution is -2.48. The number of hydrogen-bond acceptors (Lipinski definition) is 6. The summed E-state index contributed by atoms with van der Waals surface area (Å²) >= 11 is 1.46. The number of hydrogen-bond donors (Lipinski definition) is 1. The van der Waals surface area contributed by atoms with Crippen molar-refractivity contribution in [1.29, 1.82) is 0 Å². The van der Waals surface area contributed by atoms with Crippen molar-refractivity contribution < 1.29 is 27.5 Å². The fourth-order valence-electron chi connectivity index (χ4n) is 4.67. The molecule has 0 spiro atoms. The van der Waals surface area contributed by atoms with Crippen molar-refractivity contribution >= 4 is 33.9 Å². The van der Waals surface area contributed by atoms with Gasteiger partial charge in [-0.3, -0.25) is 9.69 Å². The van der Waals surface area contributed by atoms with Gasteiger partial charge in [0.1, 0.15) is 5.00 Å². The molecule has 4 rings (SSSR count). The molecule has 6 nitrogen and oxygen atoms in total. The van der Waals surface area contributed by atoms with E-state index in [0.29, 0.717) is 48.3 Å². The molecule has 1 N–H and O–H groups in total. The molecule has 190 valence electrons. The Balaban J connectivity index is 1.38. The van der Waals surface area contributed by atoms with E-state index in [2.05, 4.69) is 12.2 Å². The van der Waals surface area contributed by atoms with Gasteiger partial charge in [0.25, 0.3) is 0 Å². The second-order valence-corrected chi connectivity index (χ2v) is 10.2. The van der Waals surface area contributed by atoms with Gasteiger partial charge in [0, 0.05) is 36.7 Å². The van der Waals surface area contributed by atoms with Gasteiger partial charge in [0.15, 0.2) is 0 Å². The lowest BCUT2D eigenvalue weighted by Gasteiger charge is -2.36. The van der Waals surface area contributed by atoms with E-state index in [9.17, 15) is 22.8 Å². The first-order valence-electron chi connectivity index (χ1n) is 11.9. The van der Waals surface area contributed by atoms with Gasteiger partial charge in [-0.25, -0.2) is 4.79 Å². The number of halogens is 3. The molecule has 1 aromatic carbocycles. The molecular formula is C25H30F3N3O3S. The van der Waals surface area contributed by atoms with Crippen LogP contribution in [0.15, 0.2) is 24.3 Å². The largest absolute Gasteiger partial charge is 0.462 e. The maximum absolute atomic E-state index is 13.0. The molecular weight excluding hydrogens is 479 g/mol. The maximum atomic E-state index is 13.0. The van der Waals surface area contributed by atoms with Gasteiger partial charge in [0.05, 0.1) is 24.3 Å². The summed E-state index contributed by atoms with van der Waals surface area (Å²) in [5.74, 6) is -0.0767.